The topological polar surface area (TPSA) is 103 Å². The van der Waals surface area contributed by atoms with Crippen LogP contribution in [-0.2, 0) is 26.1 Å². The van der Waals surface area contributed by atoms with Crippen molar-refractivity contribution in [2.24, 2.45) is 5.92 Å². The molecule has 9 heteroatoms. The third kappa shape index (κ3) is 5.36. The van der Waals surface area contributed by atoms with E-state index in [2.05, 4.69) is 22.3 Å². The highest BCUT2D eigenvalue weighted by molar-refractivity contribution is 7.89. The second-order valence-corrected chi connectivity index (χ2v) is 10.2. The van der Waals surface area contributed by atoms with Gasteiger partial charge in [0.05, 0.1) is 23.7 Å². The highest BCUT2D eigenvalue weighted by Gasteiger charge is 2.33. The van der Waals surface area contributed by atoms with Crippen LogP contribution >= 0.6 is 0 Å². The number of carbonyl (C=O) groups is 1. The Morgan fingerprint density at radius 3 is 2.36 bits per heavy atom. The van der Waals surface area contributed by atoms with Gasteiger partial charge in [0.15, 0.2) is 0 Å². The zero-order chi connectivity index (χ0) is 23.3. The Bertz CT molecular complexity index is 1110. The number of sulfonamides is 1. The number of piperidine rings is 1. The number of amides is 1. The van der Waals surface area contributed by atoms with Crippen LogP contribution in [0.5, 0.6) is 0 Å². The molecular formula is C24H28N4O4S. The summed E-state index contributed by atoms with van der Waals surface area (Å²) >= 11 is 0. The molecule has 2 aliphatic heterocycles. The molecule has 0 atom stereocenters. The molecule has 0 spiro atoms. The van der Waals surface area contributed by atoms with Gasteiger partial charge in [-0.25, -0.2) is 8.42 Å². The number of morpholine rings is 1. The van der Waals surface area contributed by atoms with Gasteiger partial charge in [-0.3, -0.25) is 4.79 Å². The van der Waals surface area contributed by atoms with E-state index in [9.17, 15) is 18.5 Å². The second kappa shape index (κ2) is 10.3. The maximum atomic E-state index is 13.0. The molecule has 0 bridgehead atoms. The van der Waals surface area contributed by atoms with Gasteiger partial charge in [-0.15, -0.1) is 0 Å². The summed E-state index contributed by atoms with van der Waals surface area (Å²) in [4.78, 5) is 15.0. The predicted octanol–water partition coefficient (Wildman–Crippen LogP) is 2.11. The number of hydrogen-bond donors (Lipinski definition) is 1. The van der Waals surface area contributed by atoms with E-state index in [1.807, 2.05) is 18.2 Å². The third-order valence-corrected chi connectivity index (χ3v) is 8.19. The number of anilines is 1. The SMILES string of the molecule is N#Cc1ccccc1S(=O)(=O)N1CCC(C(=O)NCc2ccc(N3CCOCC3)cc2)CC1. The lowest BCUT2D eigenvalue weighted by Gasteiger charge is -2.30. The Hall–Kier alpha value is -2.93. The van der Waals surface area contributed by atoms with Gasteiger partial charge in [0, 0.05) is 44.3 Å². The van der Waals surface area contributed by atoms with Gasteiger partial charge in [-0.05, 0) is 42.7 Å². The van der Waals surface area contributed by atoms with Crippen molar-refractivity contribution in [2.75, 3.05) is 44.3 Å². The summed E-state index contributed by atoms with van der Waals surface area (Å²) in [5, 5.41) is 12.2. The molecule has 4 rings (SSSR count). The average Bonchev–Trinajstić information content (AvgIpc) is 2.88. The molecule has 0 saturated carbocycles. The summed E-state index contributed by atoms with van der Waals surface area (Å²) in [7, 11) is -3.76. The largest absolute Gasteiger partial charge is 0.378 e. The zero-order valence-corrected chi connectivity index (χ0v) is 19.3. The van der Waals surface area contributed by atoms with Crippen LogP contribution in [0.2, 0.25) is 0 Å². The van der Waals surface area contributed by atoms with Crippen molar-refractivity contribution in [1.29, 1.82) is 5.26 Å². The van der Waals surface area contributed by atoms with Gasteiger partial charge >= 0.3 is 0 Å². The Balaban J connectivity index is 1.28. The van der Waals surface area contributed by atoms with Crippen LogP contribution < -0.4 is 10.2 Å². The van der Waals surface area contributed by atoms with Crippen molar-refractivity contribution < 1.29 is 17.9 Å². The van der Waals surface area contributed by atoms with Crippen molar-refractivity contribution in [3.05, 3.63) is 59.7 Å². The molecular weight excluding hydrogens is 440 g/mol. The van der Waals surface area contributed by atoms with E-state index in [-0.39, 0.29) is 35.4 Å². The Labute approximate surface area is 194 Å². The minimum atomic E-state index is -3.76. The van der Waals surface area contributed by atoms with Gasteiger partial charge in [0.1, 0.15) is 6.07 Å². The lowest BCUT2D eigenvalue weighted by molar-refractivity contribution is -0.126. The van der Waals surface area contributed by atoms with E-state index < -0.39 is 10.0 Å². The molecule has 0 unspecified atom stereocenters. The van der Waals surface area contributed by atoms with E-state index in [1.165, 1.54) is 16.4 Å². The lowest BCUT2D eigenvalue weighted by atomic mass is 9.97. The highest BCUT2D eigenvalue weighted by atomic mass is 32.2. The summed E-state index contributed by atoms with van der Waals surface area (Å²) in [6.07, 6.45) is 0.908. The van der Waals surface area contributed by atoms with E-state index in [0.717, 1.165) is 37.6 Å². The number of carbonyl (C=O) groups excluding carboxylic acids is 1. The van der Waals surface area contributed by atoms with E-state index in [0.29, 0.717) is 19.4 Å². The first-order chi connectivity index (χ1) is 16.0. The molecule has 2 aliphatic rings. The fourth-order valence-electron chi connectivity index (χ4n) is 4.26. The first kappa shape index (κ1) is 23.2. The summed E-state index contributed by atoms with van der Waals surface area (Å²) in [5.74, 6) is -0.281. The zero-order valence-electron chi connectivity index (χ0n) is 18.4. The van der Waals surface area contributed by atoms with Crippen molar-refractivity contribution in [1.82, 2.24) is 9.62 Å². The van der Waals surface area contributed by atoms with E-state index in [1.54, 1.807) is 12.1 Å². The molecule has 1 N–H and O–H groups in total. The number of ether oxygens (including phenoxy) is 1. The fourth-order valence-corrected chi connectivity index (χ4v) is 5.87. The smallest absolute Gasteiger partial charge is 0.244 e. The molecule has 174 valence electrons. The minimum absolute atomic E-state index is 0.0240. The molecule has 8 nitrogen and oxygen atoms in total. The van der Waals surface area contributed by atoms with E-state index >= 15 is 0 Å². The summed E-state index contributed by atoms with van der Waals surface area (Å²) in [6, 6.07) is 16.3. The van der Waals surface area contributed by atoms with Crippen LogP contribution in [-0.4, -0.2) is 58.0 Å². The first-order valence-electron chi connectivity index (χ1n) is 11.2. The van der Waals surface area contributed by atoms with Crippen LogP contribution in [0.25, 0.3) is 0 Å². The van der Waals surface area contributed by atoms with Crippen molar-refractivity contribution in [2.45, 2.75) is 24.3 Å². The summed E-state index contributed by atoms with van der Waals surface area (Å²) in [6.45, 7) is 4.20. The molecule has 1 amide bonds. The third-order valence-electron chi connectivity index (χ3n) is 6.23. The minimum Gasteiger partial charge on any atom is -0.378 e. The number of nitrogens with zero attached hydrogens (tertiary/aromatic N) is 3. The quantitative estimate of drug-likeness (QED) is 0.697. The van der Waals surface area contributed by atoms with Crippen molar-refractivity contribution in [3.63, 3.8) is 0 Å². The fraction of sp³-hybridized carbons (Fsp3) is 0.417. The van der Waals surface area contributed by atoms with Gasteiger partial charge < -0.3 is 15.0 Å². The van der Waals surface area contributed by atoms with Crippen LogP contribution in [0.4, 0.5) is 5.69 Å². The molecule has 2 saturated heterocycles. The maximum absolute atomic E-state index is 13.0. The van der Waals surface area contributed by atoms with Crippen molar-refractivity contribution in [3.8, 4) is 6.07 Å². The molecule has 33 heavy (non-hydrogen) atoms. The first-order valence-corrected chi connectivity index (χ1v) is 12.6. The predicted molar refractivity (Wildman–Crippen MR) is 124 cm³/mol. The Morgan fingerprint density at radius 1 is 1.03 bits per heavy atom. The van der Waals surface area contributed by atoms with Gasteiger partial charge in [-0.2, -0.15) is 9.57 Å². The van der Waals surface area contributed by atoms with Crippen LogP contribution in [0.1, 0.15) is 24.0 Å². The van der Waals surface area contributed by atoms with Gasteiger partial charge in [-0.1, -0.05) is 24.3 Å². The normalized spacial score (nSPS) is 18.0. The maximum Gasteiger partial charge on any atom is 0.244 e. The monoisotopic (exact) mass is 468 g/mol. The number of hydrogen-bond acceptors (Lipinski definition) is 6. The number of benzene rings is 2. The van der Waals surface area contributed by atoms with Crippen LogP contribution in [0.15, 0.2) is 53.4 Å². The Morgan fingerprint density at radius 2 is 1.70 bits per heavy atom. The highest BCUT2D eigenvalue weighted by Crippen LogP contribution is 2.26. The molecule has 2 fully saturated rings. The molecule has 0 aromatic heterocycles. The van der Waals surface area contributed by atoms with Gasteiger partial charge in [0.25, 0.3) is 0 Å². The second-order valence-electron chi connectivity index (χ2n) is 8.27. The van der Waals surface area contributed by atoms with Crippen LogP contribution in [0.3, 0.4) is 0 Å². The summed E-state index contributed by atoms with van der Waals surface area (Å²) in [5.41, 5.74) is 2.31. The van der Waals surface area contributed by atoms with E-state index in [4.69, 9.17) is 4.74 Å². The average molecular weight is 469 g/mol. The van der Waals surface area contributed by atoms with Crippen LogP contribution in [0, 0.1) is 17.2 Å². The number of rotatable bonds is 6. The molecule has 0 aliphatic carbocycles. The standard InChI is InChI=1S/C24H28N4O4S/c25-17-21-3-1-2-4-23(21)33(30,31)28-11-9-20(10-12-28)24(29)26-18-19-5-7-22(8-6-19)27-13-15-32-16-14-27/h1-8,20H,9-16,18H2,(H,26,29). The number of nitriles is 1. The number of nitrogens with one attached hydrogen (secondary N) is 1. The molecule has 0 radical (unpaired) electrons. The Kier molecular flexibility index (Phi) is 7.28. The molecule has 2 aromatic rings. The summed E-state index contributed by atoms with van der Waals surface area (Å²) < 4.78 is 32.7. The van der Waals surface area contributed by atoms with Gasteiger partial charge in [0.2, 0.25) is 15.9 Å². The molecule has 2 aromatic carbocycles. The molecule has 2 heterocycles. The van der Waals surface area contributed by atoms with Crippen molar-refractivity contribution >= 4 is 21.6 Å². The lowest BCUT2D eigenvalue weighted by Crippen LogP contribution is -2.43.